The standard InChI is InChI=1S/C10H18N6O/c1-6-4-7(6)5-16(2)9-12-8(15-11)13-10(14-9)17-3/h6-7H,4-5,11H2,1-3H3,(H,12,13,14,15). The van der Waals surface area contributed by atoms with Crippen LogP contribution < -0.4 is 20.9 Å². The molecule has 1 aromatic rings. The van der Waals surface area contributed by atoms with E-state index in [1.54, 1.807) is 0 Å². The van der Waals surface area contributed by atoms with Crippen molar-refractivity contribution in [3.05, 3.63) is 0 Å². The minimum absolute atomic E-state index is 0.263. The lowest BCUT2D eigenvalue weighted by molar-refractivity contribution is 0.378. The maximum absolute atomic E-state index is 5.30. The van der Waals surface area contributed by atoms with Crippen molar-refractivity contribution >= 4 is 11.9 Å². The maximum Gasteiger partial charge on any atom is 0.322 e. The molecule has 1 aromatic heterocycles. The zero-order valence-electron chi connectivity index (χ0n) is 10.3. The van der Waals surface area contributed by atoms with E-state index in [1.807, 2.05) is 11.9 Å². The van der Waals surface area contributed by atoms with Gasteiger partial charge < -0.3 is 9.64 Å². The lowest BCUT2D eigenvalue weighted by Gasteiger charge is -2.17. The van der Waals surface area contributed by atoms with E-state index in [9.17, 15) is 0 Å². The first-order valence-electron chi connectivity index (χ1n) is 5.62. The van der Waals surface area contributed by atoms with Gasteiger partial charge in [0.2, 0.25) is 11.9 Å². The van der Waals surface area contributed by atoms with E-state index in [2.05, 4.69) is 27.3 Å². The van der Waals surface area contributed by atoms with Crippen LogP contribution >= 0.6 is 0 Å². The van der Waals surface area contributed by atoms with Crippen LogP contribution in [-0.2, 0) is 0 Å². The van der Waals surface area contributed by atoms with Gasteiger partial charge in [-0.3, -0.25) is 5.43 Å². The first-order chi connectivity index (χ1) is 8.13. The highest BCUT2D eigenvalue weighted by molar-refractivity contribution is 5.37. The van der Waals surface area contributed by atoms with Crippen LogP contribution in [-0.4, -0.2) is 35.7 Å². The number of hydrogen-bond acceptors (Lipinski definition) is 7. The highest BCUT2D eigenvalue weighted by Gasteiger charge is 2.33. The van der Waals surface area contributed by atoms with Crippen LogP contribution in [0.3, 0.4) is 0 Å². The number of hydrazine groups is 1. The van der Waals surface area contributed by atoms with Gasteiger partial charge in [-0.25, -0.2) is 5.84 Å². The molecule has 2 atom stereocenters. The second-order valence-electron chi connectivity index (χ2n) is 4.44. The van der Waals surface area contributed by atoms with Crippen LogP contribution in [0.1, 0.15) is 13.3 Å². The summed E-state index contributed by atoms with van der Waals surface area (Å²) < 4.78 is 5.00. The normalized spacial score (nSPS) is 22.1. The van der Waals surface area contributed by atoms with Gasteiger partial charge in [0.1, 0.15) is 0 Å². The van der Waals surface area contributed by atoms with Gasteiger partial charge in [0, 0.05) is 13.6 Å². The number of methoxy groups -OCH3 is 1. The Morgan fingerprint density at radius 3 is 2.71 bits per heavy atom. The number of hydrogen-bond donors (Lipinski definition) is 2. The molecule has 17 heavy (non-hydrogen) atoms. The summed E-state index contributed by atoms with van der Waals surface area (Å²) in [5, 5.41) is 0. The Labute approximate surface area is 100 Å². The number of anilines is 2. The third kappa shape index (κ3) is 2.73. The molecule has 2 unspecified atom stereocenters. The number of nitrogens with two attached hydrogens (primary N) is 1. The van der Waals surface area contributed by atoms with Crippen LogP contribution in [0.25, 0.3) is 0 Å². The number of nitrogens with zero attached hydrogens (tertiary/aromatic N) is 4. The van der Waals surface area contributed by atoms with Gasteiger partial charge in [0.25, 0.3) is 0 Å². The monoisotopic (exact) mass is 238 g/mol. The number of ether oxygens (including phenoxy) is 1. The van der Waals surface area contributed by atoms with Crippen LogP contribution in [0.4, 0.5) is 11.9 Å². The van der Waals surface area contributed by atoms with Crippen LogP contribution in [0, 0.1) is 11.8 Å². The summed E-state index contributed by atoms with van der Waals surface area (Å²) in [5.41, 5.74) is 2.41. The van der Waals surface area contributed by atoms with Crippen molar-refractivity contribution in [3.63, 3.8) is 0 Å². The van der Waals surface area contributed by atoms with Crippen molar-refractivity contribution in [1.82, 2.24) is 15.0 Å². The summed E-state index contributed by atoms with van der Waals surface area (Å²) in [5.74, 6) is 7.71. The van der Waals surface area contributed by atoms with Crippen molar-refractivity contribution in [2.24, 2.45) is 17.7 Å². The molecule has 1 saturated carbocycles. The molecule has 1 heterocycles. The highest BCUT2D eigenvalue weighted by atomic mass is 16.5. The lowest BCUT2D eigenvalue weighted by atomic mass is 10.3. The molecule has 0 aliphatic heterocycles. The molecule has 7 nitrogen and oxygen atoms in total. The molecular formula is C10H18N6O. The van der Waals surface area contributed by atoms with E-state index in [0.29, 0.717) is 11.9 Å². The van der Waals surface area contributed by atoms with E-state index in [0.717, 1.165) is 18.4 Å². The number of rotatable bonds is 5. The molecule has 0 amide bonds. The third-order valence-electron chi connectivity index (χ3n) is 3.04. The van der Waals surface area contributed by atoms with Crippen molar-refractivity contribution in [2.75, 3.05) is 31.0 Å². The third-order valence-corrected chi connectivity index (χ3v) is 3.04. The van der Waals surface area contributed by atoms with E-state index >= 15 is 0 Å². The summed E-state index contributed by atoms with van der Waals surface area (Å²) in [7, 11) is 3.47. The topological polar surface area (TPSA) is 89.2 Å². The maximum atomic E-state index is 5.30. The summed E-state index contributed by atoms with van der Waals surface area (Å²) in [6, 6.07) is 0.263. The number of aromatic nitrogens is 3. The average Bonchev–Trinajstić information content (AvgIpc) is 3.04. The first-order valence-corrected chi connectivity index (χ1v) is 5.62. The SMILES string of the molecule is COc1nc(NN)nc(N(C)CC2CC2C)n1. The Kier molecular flexibility index (Phi) is 3.28. The van der Waals surface area contributed by atoms with E-state index < -0.39 is 0 Å². The fraction of sp³-hybridized carbons (Fsp3) is 0.700. The minimum atomic E-state index is 0.263. The Morgan fingerprint density at radius 1 is 1.47 bits per heavy atom. The molecule has 1 fully saturated rings. The van der Waals surface area contributed by atoms with E-state index in [1.165, 1.54) is 13.5 Å². The van der Waals surface area contributed by atoms with Gasteiger partial charge >= 0.3 is 6.01 Å². The van der Waals surface area contributed by atoms with Gasteiger partial charge in [0.15, 0.2) is 0 Å². The molecule has 0 radical (unpaired) electrons. The lowest BCUT2D eigenvalue weighted by Crippen LogP contribution is -2.24. The zero-order valence-corrected chi connectivity index (χ0v) is 10.3. The van der Waals surface area contributed by atoms with Crippen molar-refractivity contribution in [3.8, 4) is 6.01 Å². The molecule has 0 aromatic carbocycles. The highest BCUT2D eigenvalue weighted by Crippen LogP contribution is 2.38. The summed E-state index contributed by atoms with van der Waals surface area (Å²) >= 11 is 0. The summed E-state index contributed by atoms with van der Waals surface area (Å²) in [6.07, 6.45) is 1.27. The van der Waals surface area contributed by atoms with E-state index in [-0.39, 0.29) is 6.01 Å². The van der Waals surface area contributed by atoms with Crippen molar-refractivity contribution in [2.45, 2.75) is 13.3 Å². The van der Waals surface area contributed by atoms with Crippen molar-refractivity contribution in [1.29, 1.82) is 0 Å². The van der Waals surface area contributed by atoms with E-state index in [4.69, 9.17) is 10.6 Å². The van der Waals surface area contributed by atoms with Gasteiger partial charge in [-0.2, -0.15) is 15.0 Å². The largest absolute Gasteiger partial charge is 0.467 e. The van der Waals surface area contributed by atoms with Crippen LogP contribution in [0.2, 0.25) is 0 Å². The summed E-state index contributed by atoms with van der Waals surface area (Å²) in [6.45, 7) is 3.19. The molecule has 3 N–H and O–H groups in total. The van der Waals surface area contributed by atoms with Gasteiger partial charge in [-0.15, -0.1) is 0 Å². The molecule has 1 aliphatic carbocycles. The molecular weight excluding hydrogens is 220 g/mol. The molecule has 7 heteroatoms. The number of nitrogens with one attached hydrogen (secondary N) is 1. The average molecular weight is 238 g/mol. The second kappa shape index (κ2) is 4.70. The van der Waals surface area contributed by atoms with Crippen LogP contribution in [0.5, 0.6) is 6.01 Å². The zero-order chi connectivity index (χ0) is 12.4. The van der Waals surface area contributed by atoms with Crippen molar-refractivity contribution < 1.29 is 4.74 Å². The molecule has 1 aliphatic rings. The predicted molar refractivity (Wildman–Crippen MR) is 64.7 cm³/mol. The fourth-order valence-electron chi connectivity index (χ4n) is 1.76. The smallest absolute Gasteiger partial charge is 0.322 e. The van der Waals surface area contributed by atoms with Crippen LogP contribution in [0.15, 0.2) is 0 Å². The Balaban J connectivity index is 2.12. The second-order valence-corrected chi connectivity index (χ2v) is 4.44. The summed E-state index contributed by atoms with van der Waals surface area (Å²) in [4.78, 5) is 14.3. The minimum Gasteiger partial charge on any atom is -0.467 e. The molecule has 94 valence electrons. The fourth-order valence-corrected chi connectivity index (χ4v) is 1.76. The number of nitrogen functional groups attached to an aromatic ring is 1. The predicted octanol–water partition coefficient (Wildman–Crippen LogP) is 0.258. The van der Waals surface area contributed by atoms with Gasteiger partial charge in [-0.1, -0.05) is 6.92 Å². The molecule has 0 spiro atoms. The molecule has 0 bridgehead atoms. The van der Waals surface area contributed by atoms with Gasteiger partial charge in [0.05, 0.1) is 7.11 Å². The quantitative estimate of drug-likeness (QED) is 0.561. The Morgan fingerprint density at radius 2 is 2.18 bits per heavy atom. The van der Waals surface area contributed by atoms with Gasteiger partial charge in [-0.05, 0) is 18.3 Å². The molecule has 2 rings (SSSR count). The first kappa shape index (κ1) is 11.8. The Hall–Kier alpha value is -1.63. The Bertz CT molecular complexity index is 376. The molecule has 0 saturated heterocycles.